The SMILES string of the molecule is Cc1ncoc1COc1ccc2c(c1C)CCN(CC(O)CNC(=O)c1ccc(OC3CCN(Cc4ccncc4)CC3)cc1)C2. The molecule has 0 bridgehead atoms. The van der Waals surface area contributed by atoms with E-state index in [0.29, 0.717) is 18.7 Å². The summed E-state index contributed by atoms with van der Waals surface area (Å²) in [6, 6.07) is 15.5. The summed E-state index contributed by atoms with van der Waals surface area (Å²) in [7, 11) is 0. The van der Waals surface area contributed by atoms with Gasteiger partial charge in [0.2, 0.25) is 0 Å². The molecule has 2 aromatic carbocycles. The molecule has 1 unspecified atom stereocenters. The van der Waals surface area contributed by atoms with Crippen LogP contribution in [0.5, 0.6) is 11.5 Å². The summed E-state index contributed by atoms with van der Waals surface area (Å²) in [5.41, 5.74) is 6.33. The van der Waals surface area contributed by atoms with E-state index in [0.717, 1.165) is 80.5 Å². The fourth-order valence-corrected chi connectivity index (χ4v) is 6.28. The number of hydrogen-bond donors (Lipinski definition) is 2. The van der Waals surface area contributed by atoms with Gasteiger partial charge in [-0.2, -0.15) is 0 Å². The van der Waals surface area contributed by atoms with E-state index in [1.54, 1.807) is 12.1 Å². The number of benzene rings is 2. The minimum Gasteiger partial charge on any atom is -0.490 e. The standard InChI is InChI=1S/C36H43N5O5/c1-25-33-13-18-41(21-29(33)5-8-34(25)44-23-35-26(2)39-24-45-35)22-30(42)19-38-36(43)28-3-6-31(7-4-28)46-32-11-16-40(17-12-32)20-27-9-14-37-15-10-27/h3-10,14-15,24,30,32,42H,11-13,16-23H2,1-2H3,(H,38,43). The van der Waals surface area contributed by atoms with Gasteiger partial charge in [0.05, 0.1) is 11.8 Å². The number of carbonyl (C=O) groups excluding carboxylic acids is 1. The summed E-state index contributed by atoms with van der Waals surface area (Å²) in [5, 5.41) is 13.6. The van der Waals surface area contributed by atoms with Gasteiger partial charge < -0.3 is 24.3 Å². The third-order valence-electron chi connectivity index (χ3n) is 9.00. The Labute approximate surface area is 270 Å². The summed E-state index contributed by atoms with van der Waals surface area (Å²) < 4.78 is 17.6. The Bertz CT molecular complexity index is 1580. The number of aryl methyl sites for hydroxylation is 1. The first-order chi connectivity index (χ1) is 22.4. The highest BCUT2D eigenvalue weighted by Crippen LogP contribution is 2.30. The second-order valence-corrected chi connectivity index (χ2v) is 12.3. The number of piperidine rings is 1. The molecule has 0 saturated carbocycles. The summed E-state index contributed by atoms with van der Waals surface area (Å²) in [6.45, 7) is 9.49. The van der Waals surface area contributed by atoms with E-state index < -0.39 is 6.10 Å². The van der Waals surface area contributed by atoms with Crippen molar-refractivity contribution in [2.75, 3.05) is 32.7 Å². The zero-order valence-electron chi connectivity index (χ0n) is 26.7. The third-order valence-corrected chi connectivity index (χ3v) is 9.00. The van der Waals surface area contributed by atoms with Crippen LogP contribution in [0.25, 0.3) is 0 Å². The highest BCUT2D eigenvalue weighted by Gasteiger charge is 2.23. The maximum atomic E-state index is 12.8. The summed E-state index contributed by atoms with van der Waals surface area (Å²) in [6.07, 6.45) is 7.41. The molecule has 242 valence electrons. The molecule has 2 aliphatic rings. The van der Waals surface area contributed by atoms with E-state index in [4.69, 9.17) is 13.9 Å². The Morgan fingerprint density at radius 1 is 1.04 bits per heavy atom. The van der Waals surface area contributed by atoms with Crippen LogP contribution in [0.4, 0.5) is 0 Å². The van der Waals surface area contributed by atoms with E-state index in [1.165, 1.54) is 23.1 Å². The minimum atomic E-state index is -0.675. The van der Waals surface area contributed by atoms with Crippen LogP contribution in [0, 0.1) is 13.8 Å². The Morgan fingerprint density at radius 2 is 1.83 bits per heavy atom. The molecule has 10 heteroatoms. The monoisotopic (exact) mass is 625 g/mol. The van der Waals surface area contributed by atoms with Gasteiger partial charge in [-0.3, -0.25) is 19.6 Å². The quantitative estimate of drug-likeness (QED) is 0.236. The van der Waals surface area contributed by atoms with Gasteiger partial charge >= 0.3 is 0 Å². The predicted molar refractivity (Wildman–Crippen MR) is 174 cm³/mol. The second-order valence-electron chi connectivity index (χ2n) is 12.3. The number of oxazole rings is 1. The van der Waals surface area contributed by atoms with Crippen LogP contribution in [-0.4, -0.2) is 75.7 Å². The number of nitrogens with one attached hydrogen (secondary N) is 1. The molecule has 0 radical (unpaired) electrons. The third kappa shape index (κ3) is 8.12. The number of hydrogen-bond acceptors (Lipinski definition) is 9. The number of β-amino-alcohol motifs (C(OH)–C–C–N with tert-alkyl or cyclic N) is 1. The van der Waals surface area contributed by atoms with Gasteiger partial charge in [-0.1, -0.05) is 6.07 Å². The summed E-state index contributed by atoms with van der Waals surface area (Å²) in [5.74, 6) is 2.15. The average Bonchev–Trinajstić information content (AvgIpc) is 3.49. The smallest absolute Gasteiger partial charge is 0.251 e. The zero-order valence-corrected chi connectivity index (χ0v) is 26.7. The number of ether oxygens (including phenoxy) is 2. The van der Waals surface area contributed by atoms with Crippen molar-refractivity contribution in [3.8, 4) is 11.5 Å². The number of aromatic nitrogens is 2. The molecule has 4 aromatic rings. The van der Waals surface area contributed by atoms with Crippen LogP contribution < -0.4 is 14.8 Å². The van der Waals surface area contributed by atoms with Gasteiger partial charge in [0, 0.05) is 63.8 Å². The molecule has 2 aliphatic heterocycles. The van der Waals surface area contributed by atoms with E-state index >= 15 is 0 Å². The second kappa shape index (κ2) is 14.9. The lowest BCUT2D eigenvalue weighted by Gasteiger charge is -2.32. The molecular formula is C36H43N5O5. The number of aliphatic hydroxyl groups excluding tert-OH is 1. The van der Waals surface area contributed by atoms with Crippen LogP contribution >= 0.6 is 0 Å². The Morgan fingerprint density at radius 3 is 2.57 bits per heavy atom. The molecular weight excluding hydrogens is 582 g/mol. The Hall–Kier alpha value is -4.25. The van der Waals surface area contributed by atoms with Gasteiger partial charge in [0.15, 0.2) is 12.2 Å². The number of fused-ring (bicyclic) bond motifs is 1. The lowest BCUT2D eigenvalue weighted by molar-refractivity contribution is 0.0841. The largest absolute Gasteiger partial charge is 0.490 e. The van der Waals surface area contributed by atoms with Crippen LogP contribution in [0.2, 0.25) is 0 Å². The number of amides is 1. The van der Waals surface area contributed by atoms with Crippen molar-refractivity contribution in [3.63, 3.8) is 0 Å². The van der Waals surface area contributed by atoms with Gasteiger partial charge in [-0.25, -0.2) is 4.98 Å². The first kappa shape index (κ1) is 31.7. The van der Waals surface area contributed by atoms with Crippen molar-refractivity contribution in [1.82, 2.24) is 25.1 Å². The van der Waals surface area contributed by atoms with E-state index in [2.05, 4.69) is 50.2 Å². The molecule has 46 heavy (non-hydrogen) atoms. The van der Waals surface area contributed by atoms with Gasteiger partial charge in [0.25, 0.3) is 5.91 Å². The van der Waals surface area contributed by atoms with Crippen LogP contribution in [-0.2, 0) is 26.1 Å². The number of likely N-dealkylation sites (tertiary alicyclic amines) is 1. The van der Waals surface area contributed by atoms with Crippen molar-refractivity contribution in [1.29, 1.82) is 0 Å². The van der Waals surface area contributed by atoms with Gasteiger partial charge in [-0.15, -0.1) is 0 Å². The van der Waals surface area contributed by atoms with E-state index in [9.17, 15) is 9.90 Å². The lowest BCUT2D eigenvalue weighted by Crippen LogP contribution is -2.42. The van der Waals surface area contributed by atoms with Crippen LogP contribution in [0.3, 0.4) is 0 Å². The Kier molecular flexibility index (Phi) is 10.3. The lowest BCUT2D eigenvalue weighted by atomic mass is 9.94. The molecule has 4 heterocycles. The maximum Gasteiger partial charge on any atom is 0.251 e. The molecule has 1 amide bonds. The molecule has 0 aliphatic carbocycles. The molecule has 1 fully saturated rings. The molecule has 0 spiro atoms. The fraction of sp³-hybridized carbons (Fsp3) is 0.417. The molecule has 2 N–H and O–H groups in total. The van der Waals surface area contributed by atoms with Crippen molar-refractivity contribution in [2.24, 2.45) is 0 Å². The summed E-state index contributed by atoms with van der Waals surface area (Å²) in [4.78, 5) is 25.7. The molecule has 1 atom stereocenters. The van der Waals surface area contributed by atoms with E-state index in [1.807, 2.05) is 37.5 Å². The minimum absolute atomic E-state index is 0.166. The highest BCUT2D eigenvalue weighted by molar-refractivity contribution is 5.94. The molecule has 1 saturated heterocycles. The van der Waals surface area contributed by atoms with E-state index in [-0.39, 0.29) is 18.6 Å². The molecule has 6 rings (SSSR count). The van der Waals surface area contributed by atoms with Gasteiger partial charge in [0.1, 0.15) is 24.2 Å². The first-order valence-electron chi connectivity index (χ1n) is 16.1. The van der Waals surface area contributed by atoms with Crippen molar-refractivity contribution >= 4 is 5.91 Å². The van der Waals surface area contributed by atoms with Crippen molar-refractivity contribution in [3.05, 3.63) is 107 Å². The topological polar surface area (TPSA) is 113 Å². The number of carbonyl (C=O) groups is 1. The predicted octanol–water partition coefficient (Wildman–Crippen LogP) is 4.46. The van der Waals surface area contributed by atoms with Crippen molar-refractivity contribution in [2.45, 2.75) is 65.0 Å². The molecule has 10 nitrogen and oxygen atoms in total. The average molecular weight is 626 g/mol. The number of pyridine rings is 1. The number of rotatable bonds is 12. The first-order valence-corrected chi connectivity index (χ1v) is 16.1. The maximum absolute atomic E-state index is 12.8. The number of nitrogens with zero attached hydrogens (tertiary/aromatic N) is 4. The van der Waals surface area contributed by atoms with Crippen LogP contribution in [0.15, 0.2) is 71.7 Å². The fourth-order valence-electron chi connectivity index (χ4n) is 6.28. The zero-order chi connectivity index (χ0) is 31.9. The van der Waals surface area contributed by atoms with Crippen molar-refractivity contribution < 1.29 is 23.8 Å². The normalized spacial score (nSPS) is 16.5. The Balaban J connectivity index is 0.912. The van der Waals surface area contributed by atoms with Crippen LogP contribution in [0.1, 0.15) is 56.9 Å². The summed E-state index contributed by atoms with van der Waals surface area (Å²) >= 11 is 0. The number of aliphatic hydroxyl groups is 1. The van der Waals surface area contributed by atoms with Gasteiger partial charge in [-0.05, 0) is 97.8 Å². The molecule has 2 aromatic heterocycles. The highest BCUT2D eigenvalue weighted by atomic mass is 16.5.